The van der Waals surface area contributed by atoms with Gasteiger partial charge in [-0.3, -0.25) is 0 Å². The molecule has 0 saturated carbocycles. The molecule has 0 amide bonds. The maximum atomic E-state index is 10.8. The SMILES string of the molecule is Cn1c2ccccc2c2oc(C(=O)O)nc21. The predicted molar refractivity (Wildman–Crippen MR) is 57.4 cm³/mol. The van der Waals surface area contributed by atoms with E-state index in [4.69, 9.17) is 9.52 Å². The second kappa shape index (κ2) is 2.85. The molecular weight excluding hydrogens is 208 g/mol. The molecule has 0 aliphatic heterocycles. The first-order chi connectivity index (χ1) is 7.68. The van der Waals surface area contributed by atoms with Crippen LogP contribution in [-0.4, -0.2) is 20.6 Å². The van der Waals surface area contributed by atoms with Crippen LogP contribution in [0.2, 0.25) is 0 Å². The number of fused-ring (bicyclic) bond motifs is 3. The Balaban J connectivity index is 2.49. The average Bonchev–Trinajstić information content (AvgIpc) is 2.81. The molecule has 0 atom stereocenters. The number of carboxylic acid groups (broad SMARTS) is 1. The van der Waals surface area contributed by atoms with Crippen LogP contribution in [0, 0.1) is 0 Å². The van der Waals surface area contributed by atoms with E-state index in [9.17, 15) is 4.79 Å². The van der Waals surface area contributed by atoms with E-state index in [1.807, 2.05) is 35.9 Å². The third kappa shape index (κ3) is 0.995. The fourth-order valence-corrected chi connectivity index (χ4v) is 1.88. The topological polar surface area (TPSA) is 68.3 Å². The van der Waals surface area contributed by atoms with E-state index in [1.54, 1.807) is 0 Å². The van der Waals surface area contributed by atoms with Gasteiger partial charge in [0.25, 0.3) is 0 Å². The molecule has 0 bridgehead atoms. The maximum absolute atomic E-state index is 10.8. The molecular formula is C11H8N2O3. The summed E-state index contributed by atoms with van der Waals surface area (Å²) in [6.07, 6.45) is 0. The molecule has 0 spiro atoms. The van der Waals surface area contributed by atoms with Crippen molar-refractivity contribution in [3.05, 3.63) is 30.2 Å². The molecule has 2 aromatic heterocycles. The normalized spacial score (nSPS) is 11.3. The standard InChI is InChI=1S/C11H8N2O3/c1-13-7-5-3-2-4-6(7)8-9(13)12-10(16-8)11(14)15/h2-5H,1H3,(H,14,15). The molecule has 16 heavy (non-hydrogen) atoms. The van der Waals surface area contributed by atoms with Gasteiger partial charge in [-0.25, -0.2) is 4.79 Å². The van der Waals surface area contributed by atoms with Gasteiger partial charge < -0.3 is 14.1 Å². The molecule has 2 heterocycles. The minimum absolute atomic E-state index is 0.272. The van der Waals surface area contributed by atoms with Crippen LogP contribution in [0.1, 0.15) is 10.7 Å². The van der Waals surface area contributed by atoms with Gasteiger partial charge in [-0.15, -0.1) is 0 Å². The largest absolute Gasteiger partial charge is 0.474 e. The summed E-state index contributed by atoms with van der Waals surface area (Å²) in [4.78, 5) is 14.7. The van der Waals surface area contributed by atoms with Crippen LogP contribution in [0.4, 0.5) is 0 Å². The third-order valence-electron chi connectivity index (χ3n) is 2.62. The Morgan fingerprint density at radius 2 is 2.19 bits per heavy atom. The fourth-order valence-electron chi connectivity index (χ4n) is 1.88. The minimum atomic E-state index is -1.15. The number of hydrogen-bond acceptors (Lipinski definition) is 3. The zero-order chi connectivity index (χ0) is 11.3. The third-order valence-corrected chi connectivity index (χ3v) is 2.62. The summed E-state index contributed by atoms with van der Waals surface area (Å²) in [5.41, 5.74) is 2.05. The number of aromatic nitrogens is 2. The summed E-state index contributed by atoms with van der Waals surface area (Å²) in [5, 5.41) is 9.68. The minimum Gasteiger partial charge on any atom is -0.474 e. The van der Waals surface area contributed by atoms with E-state index >= 15 is 0 Å². The lowest BCUT2D eigenvalue weighted by atomic mass is 10.2. The quantitative estimate of drug-likeness (QED) is 0.675. The molecule has 5 heteroatoms. The lowest BCUT2D eigenvalue weighted by Crippen LogP contribution is -1.96. The highest BCUT2D eigenvalue weighted by atomic mass is 16.4. The van der Waals surface area contributed by atoms with Gasteiger partial charge in [-0.2, -0.15) is 4.98 Å². The molecule has 3 rings (SSSR count). The number of carboxylic acids is 1. The van der Waals surface area contributed by atoms with Crippen molar-refractivity contribution in [3.63, 3.8) is 0 Å². The second-order valence-electron chi connectivity index (χ2n) is 3.55. The number of rotatable bonds is 1. The highest BCUT2D eigenvalue weighted by Gasteiger charge is 2.18. The summed E-state index contributed by atoms with van der Waals surface area (Å²) >= 11 is 0. The second-order valence-corrected chi connectivity index (χ2v) is 3.55. The fraction of sp³-hybridized carbons (Fsp3) is 0.0909. The highest BCUT2D eigenvalue weighted by molar-refractivity contribution is 6.04. The van der Waals surface area contributed by atoms with Crippen LogP contribution in [0.3, 0.4) is 0 Å². The number of nitrogens with zero attached hydrogens (tertiary/aromatic N) is 2. The molecule has 3 aromatic rings. The first-order valence-electron chi connectivity index (χ1n) is 4.75. The van der Waals surface area contributed by atoms with Crippen molar-refractivity contribution in [3.8, 4) is 0 Å². The summed E-state index contributed by atoms with van der Waals surface area (Å²) in [6.45, 7) is 0. The Labute approximate surface area is 89.9 Å². The molecule has 0 aliphatic carbocycles. The number of para-hydroxylation sites is 1. The van der Waals surface area contributed by atoms with Gasteiger partial charge >= 0.3 is 11.9 Å². The molecule has 1 N–H and O–H groups in total. The van der Waals surface area contributed by atoms with E-state index in [0.29, 0.717) is 11.2 Å². The van der Waals surface area contributed by atoms with Crippen molar-refractivity contribution < 1.29 is 14.3 Å². The van der Waals surface area contributed by atoms with E-state index in [1.165, 1.54) is 0 Å². The number of hydrogen-bond donors (Lipinski definition) is 1. The molecule has 0 unspecified atom stereocenters. The highest BCUT2D eigenvalue weighted by Crippen LogP contribution is 2.28. The molecule has 0 fully saturated rings. The van der Waals surface area contributed by atoms with Crippen LogP contribution in [0.5, 0.6) is 0 Å². The van der Waals surface area contributed by atoms with Crippen LogP contribution in [0.15, 0.2) is 28.7 Å². The molecule has 0 saturated heterocycles. The van der Waals surface area contributed by atoms with E-state index < -0.39 is 5.97 Å². The Kier molecular flexibility index (Phi) is 1.60. The van der Waals surface area contributed by atoms with Gasteiger partial charge in [-0.05, 0) is 12.1 Å². The number of aromatic carboxylic acids is 1. The van der Waals surface area contributed by atoms with Crippen LogP contribution < -0.4 is 0 Å². The van der Waals surface area contributed by atoms with Gasteiger partial charge in [0.1, 0.15) is 0 Å². The van der Waals surface area contributed by atoms with Crippen molar-refractivity contribution in [2.24, 2.45) is 7.05 Å². The van der Waals surface area contributed by atoms with E-state index in [2.05, 4.69) is 4.98 Å². The number of oxazole rings is 1. The Morgan fingerprint density at radius 3 is 2.94 bits per heavy atom. The molecule has 0 aliphatic rings. The monoisotopic (exact) mass is 216 g/mol. The van der Waals surface area contributed by atoms with Gasteiger partial charge in [0.15, 0.2) is 11.2 Å². The van der Waals surface area contributed by atoms with Gasteiger partial charge in [0.2, 0.25) is 0 Å². The van der Waals surface area contributed by atoms with Crippen molar-refractivity contribution in [2.45, 2.75) is 0 Å². The van der Waals surface area contributed by atoms with Crippen molar-refractivity contribution >= 4 is 28.1 Å². The van der Waals surface area contributed by atoms with Crippen LogP contribution in [-0.2, 0) is 7.05 Å². The van der Waals surface area contributed by atoms with Gasteiger partial charge in [-0.1, -0.05) is 12.1 Å². The Hall–Kier alpha value is -2.30. The van der Waals surface area contributed by atoms with Crippen molar-refractivity contribution in [1.29, 1.82) is 0 Å². The Morgan fingerprint density at radius 1 is 1.44 bits per heavy atom. The van der Waals surface area contributed by atoms with Gasteiger partial charge in [0.05, 0.1) is 5.52 Å². The average molecular weight is 216 g/mol. The molecule has 1 aromatic carbocycles. The molecule has 80 valence electrons. The number of aryl methyl sites for hydroxylation is 1. The molecule has 5 nitrogen and oxygen atoms in total. The van der Waals surface area contributed by atoms with Crippen LogP contribution >= 0.6 is 0 Å². The van der Waals surface area contributed by atoms with E-state index in [0.717, 1.165) is 10.9 Å². The first-order valence-corrected chi connectivity index (χ1v) is 4.75. The summed E-state index contributed by atoms with van der Waals surface area (Å²) in [6, 6.07) is 7.62. The van der Waals surface area contributed by atoms with Crippen LogP contribution in [0.25, 0.3) is 22.1 Å². The zero-order valence-electron chi connectivity index (χ0n) is 8.47. The summed E-state index contributed by atoms with van der Waals surface area (Å²) in [5.74, 6) is -1.42. The van der Waals surface area contributed by atoms with Crippen molar-refractivity contribution in [2.75, 3.05) is 0 Å². The van der Waals surface area contributed by atoms with E-state index in [-0.39, 0.29) is 5.89 Å². The lowest BCUT2D eigenvalue weighted by Gasteiger charge is -1.94. The predicted octanol–water partition coefficient (Wildman–Crippen LogP) is 2.02. The summed E-state index contributed by atoms with van der Waals surface area (Å²) in [7, 11) is 1.83. The van der Waals surface area contributed by atoms with Gasteiger partial charge in [0, 0.05) is 12.4 Å². The smallest absolute Gasteiger partial charge is 0.392 e. The first kappa shape index (κ1) is 8.96. The zero-order valence-corrected chi connectivity index (χ0v) is 8.47. The molecule has 0 radical (unpaired) electrons. The van der Waals surface area contributed by atoms with Crippen molar-refractivity contribution in [1.82, 2.24) is 9.55 Å². The maximum Gasteiger partial charge on any atom is 0.392 e. The number of benzene rings is 1. The Bertz CT molecular complexity index is 708. The number of carbonyl (C=O) groups is 1. The summed E-state index contributed by atoms with van der Waals surface area (Å²) < 4.78 is 7.05. The lowest BCUT2D eigenvalue weighted by molar-refractivity contribution is 0.0656.